The van der Waals surface area contributed by atoms with Crippen molar-refractivity contribution < 1.29 is 9.53 Å². The third-order valence-corrected chi connectivity index (χ3v) is 9.89. The highest BCUT2D eigenvalue weighted by molar-refractivity contribution is 6.30. The summed E-state index contributed by atoms with van der Waals surface area (Å²) in [5.41, 5.74) is 4.36. The molecule has 0 spiro atoms. The highest BCUT2D eigenvalue weighted by atomic mass is 35.5. The fourth-order valence-electron chi connectivity index (χ4n) is 7.97. The van der Waals surface area contributed by atoms with E-state index in [0.29, 0.717) is 23.9 Å². The molecule has 0 saturated carbocycles. The van der Waals surface area contributed by atoms with Crippen molar-refractivity contribution in [1.82, 2.24) is 14.4 Å². The lowest BCUT2D eigenvalue weighted by molar-refractivity contribution is -0.145. The number of amides is 1. The van der Waals surface area contributed by atoms with Gasteiger partial charge in [-0.3, -0.25) is 9.69 Å². The van der Waals surface area contributed by atoms with E-state index in [9.17, 15) is 4.79 Å². The van der Waals surface area contributed by atoms with Crippen molar-refractivity contribution in [2.24, 2.45) is 11.8 Å². The molecule has 198 valence electrons. The fourth-order valence-corrected chi connectivity index (χ4v) is 8.10. The Balaban J connectivity index is 1.21. The molecule has 0 aliphatic carbocycles. The van der Waals surface area contributed by atoms with Crippen LogP contribution in [-0.4, -0.2) is 59.1 Å². The lowest BCUT2D eigenvalue weighted by atomic mass is 9.67. The summed E-state index contributed by atoms with van der Waals surface area (Å²) < 4.78 is 7.80. The van der Waals surface area contributed by atoms with Gasteiger partial charge in [0.25, 0.3) is 0 Å². The summed E-state index contributed by atoms with van der Waals surface area (Å²) in [5.74, 6) is 2.40. The molecule has 1 aromatic heterocycles. The number of methoxy groups -OCH3 is 1. The molecule has 1 amide bonds. The molecule has 4 aliphatic heterocycles. The first-order chi connectivity index (χ1) is 18.6. The van der Waals surface area contributed by atoms with Gasteiger partial charge < -0.3 is 14.2 Å². The molecule has 4 aliphatic rings. The van der Waals surface area contributed by atoms with Crippen molar-refractivity contribution in [2.75, 3.05) is 26.7 Å². The van der Waals surface area contributed by atoms with Gasteiger partial charge in [0.15, 0.2) is 0 Å². The van der Waals surface area contributed by atoms with Crippen LogP contribution in [0.4, 0.5) is 0 Å². The Labute approximate surface area is 230 Å². The highest BCUT2D eigenvalue weighted by Crippen LogP contribution is 2.45. The zero-order valence-corrected chi connectivity index (χ0v) is 22.9. The summed E-state index contributed by atoms with van der Waals surface area (Å²) in [6.07, 6.45) is 11.4. The van der Waals surface area contributed by atoms with Crippen molar-refractivity contribution in [2.45, 2.75) is 57.2 Å². The number of hydrogen-bond acceptors (Lipinski definition) is 3. The monoisotopic (exact) mass is 529 g/mol. The van der Waals surface area contributed by atoms with Crippen molar-refractivity contribution in [1.29, 1.82) is 0 Å². The van der Waals surface area contributed by atoms with Gasteiger partial charge in [-0.15, -0.1) is 0 Å². The summed E-state index contributed by atoms with van der Waals surface area (Å²) >= 11 is 6.12. The predicted molar refractivity (Wildman–Crippen MR) is 153 cm³/mol. The number of halogens is 1. The van der Waals surface area contributed by atoms with Crippen LogP contribution in [0.3, 0.4) is 0 Å². The van der Waals surface area contributed by atoms with Crippen LogP contribution in [-0.2, 0) is 11.3 Å². The van der Waals surface area contributed by atoms with Crippen molar-refractivity contribution in [3.8, 4) is 5.75 Å². The van der Waals surface area contributed by atoms with E-state index in [1.807, 2.05) is 18.2 Å². The largest absolute Gasteiger partial charge is 0.497 e. The summed E-state index contributed by atoms with van der Waals surface area (Å²) in [6, 6.07) is 15.4. The predicted octanol–water partition coefficient (Wildman–Crippen LogP) is 6.23. The Kier molecular flexibility index (Phi) is 6.24. The lowest BCUT2D eigenvalue weighted by Gasteiger charge is -2.58. The van der Waals surface area contributed by atoms with E-state index >= 15 is 0 Å². The van der Waals surface area contributed by atoms with Crippen molar-refractivity contribution in [3.05, 3.63) is 70.4 Å². The quantitative estimate of drug-likeness (QED) is 0.376. The number of fused-ring (bicyclic) bond motifs is 3. The number of ether oxygens (including phenoxy) is 1. The second kappa shape index (κ2) is 9.77. The van der Waals surface area contributed by atoms with Gasteiger partial charge in [-0.2, -0.15) is 0 Å². The third-order valence-electron chi connectivity index (χ3n) is 9.63. The van der Waals surface area contributed by atoms with Crippen LogP contribution in [0.1, 0.15) is 49.7 Å². The van der Waals surface area contributed by atoms with Crippen LogP contribution in [0.5, 0.6) is 5.75 Å². The smallest absolute Gasteiger partial charge is 0.250 e. The number of carbonyl (C=O) groups excluding carboxylic acids is 1. The minimum absolute atomic E-state index is 0.273. The van der Waals surface area contributed by atoms with E-state index < -0.39 is 0 Å². The van der Waals surface area contributed by atoms with Gasteiger partial charge in [0.1, 0.15) is 5.75 Å². The van der Waals surface area contributed by atoms with Gasteiger partial charge in [0.2, 0.25) is 5.91 Å². The van der Waals surface area contributed by atoms with E-state index in [0.717, 1.165) is 58.7 Å². The van der Waals surface area contributed by atoms with Crippen LogP contribution < -0.4 is 4.74 Å². The first kappa shape index (κ1) is 24.3. The molecule has 7 rings (SSSR count). The molecule has 38 heavy (non-hydrogen) atoms. The van der Waals surface area contributed by atoms with Crippen LogP contribution in [0.15, 0.2) is 54.2 Å². The molecular weight excluding hydrogens is 494 g/mol. The number of nitrogens with zero attached hydrogens (tertiary/aromatic N) is 3. The number of aromatic nitrogens is 1. The van der Waals surface area contributed by atoms with E-state index in [1.54, 1.807) is 7.11 Å². The standard InChI is InChI=1S/C32H36ClN3O2/c1-38-26-11-12-27-24(19-35(30(27)17-26)18-21-6-9-25(33)10-7-21)16-22-8-13-29-28-5-3-15-34-14-2-4-23(31(28)34)20-36(29)32(22)37/h6-7,9-12,16-17,19,23,28-29,31H,2-5,8,13-15,18,20H2,1H3/b22-16+/t23-,28+,29+,31-/m0/s1. The Morgan fingerprint density at radius 2 is 1.87 bits per heavy atom. The topological polar surface area (TPSA) is 37.7 Å². The molecule has 3 aromatic rings. The van der Waals surface area contributed by atoms with Gasteiger partial charge in [-0.25, -0.2) is 0 Å². The number of benzene rings is 2. The molecule has 0 radical (unpaired) electrons. The summed E-state index contributed by atoms with van der Waals surface area (Å²) in [7, 11) is 1.70. The molecule has 4 fully saturated rings. The molecular formula is C32H36ClN3O2. The normalized spacial score (nSPS) is 28.4. The Hall–Kier alpha value is -2.76. The summed E-state index contributed by atoms with van der Waals surface area (Å²) in [4.78, 5) is 19.0. The van der Waals surface area contributed by atoms with Crippen LogP contribution in [0.25, 0.3) is 17.0 Å². The Morgan fingerprint density at radius 3 is 2.68 bits per heavy atom. The summed E-state index contributed by atoms with van der Waals surface area (Å²) in [6.45, 7) is 4.18. The zero-order chi connectivity index (χ0) is 25.8. The molecule has 2 aromatic carbocycles. The zero-order valence-electron chi connectivity index (χ0n) is 22.1. The fraction of sp³-hybridized carbons (Fsp3) is 0.469. The summed E-state index contributed by atoms with van der Waals surface area (Å²) in [5, 5.41) is 1.89. The molecule has 4 atom stereocenters. The molecule has 5 heterocycles. The van der Waals surface area contributed by atoms with Gasteiger partial charge in [-0.05, 0) is 99.4 Å². The van der Waals surface area contributed by atoms with E-state index in [-0.39, 0.29) is 5.91 Å². The third kappa shape index (κ3) is 4.15. The first-order valence-electron chi connectivity index (χ1n) is 14.3. The Bertz CT molecular complexity index is 1390. The Morgan fingerprint density at radius 1 is 1.05 bits per heavy atom. The molecule has 6 heteroatoms. The van der Waals surface area contributed by atoms with E-state index in [2.05, 4.69) is 50.9 Å². The number of piperidine rings is 4. The molecule has 0 N–H and O–H groups in total. The maximum atomic E-state index is 14.0. The average Bonchev–Trinajstić information content (AvgIpc) is 3.28. The van der Waals surface area contributed by atoms with E-state index in [4.69, 9.17) is 16.3 Å². The SMILES string of the molecule is COc1ccc2c(/C=C3\CC[C@@H]4[C@H]5CCCN6CCC[C@@H](CN4C3=O)[C@@H]56)cn(Cc3ccc(Cl)cc3)c2c1. The van der Waals surface area contributed by atoms with Crippen molar-refractivity contribution in [3.63, 3.8) is 0 Å². The number of rotatable bonds is 4. The second-order valence-corrected chi connectivity index (χ2v) is 12.1. The lowest BCUT2D eigenvalue weighted by Crippen LogP contribution is -2.66. The van der Waals surface area contributed by atoms with Gasteiger partial charge >= 0.3 is 0 Å². The molecule has 5 nitrogen and oxygen atoms in total. The van der Waals surface area contributed by atoms with Crippen LogP contribution >= 0.6 is 11.6 Å². The molecule has 0 unspecified atom stereocenters. The highest BCUT2D eigenvalue weighted by Gasteiger charge is 2.51. The first-order valence-corrected chi connectivity index (χ1v) is 14.6. The number of hydrogen-bond donors (Lipinski definition) is 0. The van der Waals surface area contributed by atoms with Gasteiger partial charge in [0.05, 0.1) is 12.6 Å². The molecule has 4 saturated heterocycles. The maximum Gasteiger partial charge on any atom is 0.250 e. The maximum absolute atomic E-state index is 14.0. The molecule has 0 bridgehead atoms. The van der Waals surface area contributed by atoms with Gasteiger partial charge in [-0.1, -0.05) is 23.7 Å². The van der Waals surface area contributed by atoms with Crippen LogP contribution in [0.2, 0.25) is 5.02 Å². The van der Waals surface area contributed by atoms with Crippen molar-refractivity contribution >= 4 is 34.5 Å². The van der Waals surface area contributed by atoms with Crippen LogP contribution in [0, 0.1) is 11.8 Å². The second-order valence-electron chi connectivity index (χ2n) is 11.7. The minimum Gasteiger partial charge on any atom is -0.497 e. The number of carbonyl (C=O) groups is 1. The van der Waals surface area contributed by atoms with E-state index in [1.165, 1.54) is 44.3 Å². The van der Waals surface area contributed by atoms with Gasteiger partial charge in [0, 0.05) is 59.0 Å². The minimum atomic E-state index is 0.273. The average molecular weight is 530 g/mol.